The number of carbonyl (C=O) groups is 1. The molecule has 0 saturated heterocycles. The van der Waals surface area contributed by atoms with E-state index in [1.54, 1.807) is 6.07 Å². The van der Waals surface area contributed by atoms with Gasteiger partial charge in [0.1, 0.15) is 5.75 Å². The Bertz CT molecular complexity index is 796. The van der Waals surface area contributed by atoms with Crippen LogP contribution in [0.25, 0.3) is 0 Å². The first kappa shape index (κ1) is 20.0. The van der Waals surface area contributed by atoms with Crippen LogP contribution in [0.3, 0.4) is 0 Å². The van der Waals surface area contributed by atoms with E-state index in [1.165, 1.54) is 0 Å². The number of rotatable bonds is 10. The van der Waals surface area contributed by atoms with Gasteiger partial charge in [0.15, 0.2) is 5.78 Å². The van der Waals surface area contributed by atoms with Crippen molar-refractivity contribution in [2.24, 2.45) is 0 Å². The fourth-order valence-corrected chi connectivity index (χ4v) is 3.47. The van der Waals surface area contributed by atoms with Crippen LogP contribution in [0.1, 0.15) is 35.2 Å². The second-order valence-electron chi connectivity index (χ2n) is 6.58. The molecule has 0 saturated carbocycles. The van der Waals surface area contributed by atoms with Crippen molar-refractivity contribution in [1.29, 1.82) is 0 Å². The van der Waals surface area contributed by atoms with Gasteiger partial charge >= 0.3 is 0 Å². The molecule has 0 bridgehead atoms. The first-order chi connectivity index (χ1) is 13.1. The van der Waals surface area contributed by atoms with Gasteiger partial charge in [-0.1, -0.05) is 35.3 Å². The van der Waals surface area contributed by atoms with E-state index < -0.39 is 0 Å². The molecule has 0 aromatic heterocycles. The largest absolute Gasteiger partial charge is 0.494 e. The van der Waals surface area contributed by atoms with Gasteiger partial charge in [0.05, 0.1) is 22.3 Å². The third kappa shape index (κ3) is 5.61. The van der Waals surface area contributed by atoms with E-state index in [2.05, 4.69) is 10.6 Å². The van der Waals surface area contributed by atoms with Gasteiger partial charge in [-0.2, -0.15) is 0 Å². The highest BCUT2D eigenvalue weighted by Crippen LogP contribution is 2.29. The molecule has 6 heteroatoms. The standard InChI is InChI=1S/C21H24Cl2N2O2/c22-18-4-3-5-19(21(18)23)25-12-11-24-10-1-2-13-27-16-8-6-15-7-9-20(26)17(15)14-16/h3-6,8,14,24-25H,1-2,7,9-13H2. The number of Topliss-reactive ketones (excluding diaryl/α,β-unsaturated/α-hetero) is 1. The molecule has 4 nitrogen and oxygen atoms in total. The van der Waals surface area contributed by atoms with Crippen molar-refractivity contribution in [1.82, 2.24) is 5.32 Å². The molecule has 0 radical (unpaired) electrons. The second kappa shape index (κ2) is 9.98. The third-order valence-corrected chi connectivity index (χ3v) is 5.41. The van der Waals surface area contributed by atoms with E-state index in [1.807, 2.05) is 30.3 Å². The summed E-state index contributed by atoms with van der Waals surface area (Å²) in [7, 11) is 0. The molecular weight excluding hydrogens is 383 g/mol. The number of anilines is 1. The van der Waals surface area contributed by atoms with Gasteiger partial charge in [-0.15, -0.1) is 0 Å². The average Bonchev–Trinajstić information content (AvgIpc) is 3.04. The van der Waals surface area contributed by atoms with Gasteiger partial charge in [-0.3, -0.25) is 4.79 Å². The van der Waals surface area contributed by atoms with Crippen molar-refractivity contribution in [2.75, 3.05) is 31.6 Å². The molecule has 0 heterocycles. The van der Waals surface area contributed by atoms with Crippen LogP contribution >= 0.6 is 23.2 Å². The summed E-state index contributed by atoms with van der Waals surface area (Å²) in [6.45, 7) is 3.21. The Kier molecular flexibility index (Phi) is 7.39. The number of halogens is 2. The number of ketones is 1. The van der Waals surface area contributed by atoms with Crippen molar-refractivity contribution in [3.8, 4) is 5.75 Å². The van der Waals surface area contributed by atoms with Gasteiger partial charge in [0, 0.05) is 25.1 Å². The first-order valence-corrected chi connectivity index (χ1v) is 10.1. The smallest absolute Gasteiger partial charge is 0.163 e. The molecule has 0 aliphatic heterocycles. The van der Waals surface area contributed by atoms with Crippen molar-refractivity contribution in [3.63, 3.8) is 0 Å². The molecule has 27 heavy (non-hydrogen) atoms. The molecule has 2 N–H and O–H groups in total. The Morgan fingerprint density at radius 3 is 2.78 bits per heavy atom. The molecule has 3 rings (SSSR count). The maximum atomic E-state index is 11.8. The quantitative estimate of drug-likeness (QED) is 0.546. The van der Waals surface area contributed by atoms with Crippen LogP contribution in [0, 0.1) is 0 Å². The topological polar surface area (TPSA) is 50.4 Å². The minimum atomic E-state index is 0.229. The third-order valence-electron chi connectivity index (χ3n) is 4.59. The summed E-state index contributed by atoms with van der Waals surface area (Å²) in [4.78, 5) is 11.8. The van der Waals surface area contributed by atoms with Gasteiger partial charge in [-0.05, 0) is 55.6 Å². The summed E-state index contributed by atoms with van der Waals surface area (Å²) < 4.78 is 5.77. The summed E-state index contributed by atoms with van der Waals surface area (Å²) in [6, 6.07) is 11.4. The number of benzene rings is 2. The summed E-state index contributed by atoms with van der Waals surface area (Å²) in [5.41, 5.74) is 2.83. The van der Waals surface area contributed by atoms with Crippen molar-refractivity contribution in [3.05, 3.63) is 57.6 Å². The van der Waals surface area contributed by atoms with Crippen LogP contribution in [-0.2, 0) is 6.42 Å². The molecule has 2 aromatic carbocycles. The fourth-order valence-electron chi connectivity index (χ4n) is 3.10. The number of hydrogen-bond donors (Lipinski definition) is 2. The molecule has 1 aliphatic carbocycles. The molecule has 0 spiro atoms. The van der Waals surface area contributed by atoms with Gasteiger partial charge in [-0.25, -0.2) is 0 Å². The lowest BCUT2D eigenvalue weighted by molar-refractivity contribution is 0.0994. The Hall–Kier alpha value is -1.75. The Labute approximate surface area is 170 Å². The molecule has 0 unspecified atom stereocenters. The van der Waals surface area contributed by atoms with Gasteiger partial charge < -0.3 is 15.4 Å². The zero-order valence-electron chi connectivity index (χ0n) is 15.2. The lowest BCUT2D eigenvalue weighted by Crippen LogP contribution is -2.23. The SMILES string of the molecule is O=C1CCc2ccc(OCCCCNCCNc3cccc(Cl)c3Cl)cc21. The molecule has 2 aromatic rings. The van der Waals surface area contributed by atoms with Crippen LogP contribution in [0.5, 0.6) is 5.75 Å². The number of ether oxygens (including phenoxy) is 1. The fraction of sp³-hybridized carbons (Fsp3) is 0.381. The van der Waals surface area contributed by atoms with Gasteiger partial charge in [0.25, 0.3) is 0 Å². The zero-order chi connectivity index (χ0) is 19.1. The summed E-state index contributed by atoms with van der Waals surface area (Å²) in [5.74, 6) is 1.02. The molecule has 0 amide bonds. The van der Waals surface area contributed by atoms with Crippen molar-refractivity contribution >= 4 is 34.7 Å². The highest BCUT2D eigenvalue weighted by atomic mass is 35.5. The van der Waals surface area contributed by atoms with E-state index in [0.29, 0.717) is 23.1 Å². The van der Waals surface area contributed by atoms with Crippen LogP contribution in [0.4, 0.5) is 5.69 Å². The minimum absolute atomic E-state index is 0.229. The monoisotopic (exact) mass is 406 g/mol. The minimum Gasteiger partial charge on any atom is -0.494 e. The van der Waals surface area contributed by atoms with Crippen LogP contribution in [0.15, 0.2) is 36.4 Å². The summed E-state index contributed by atoms with van der Waals surface area (Å²) >= 11 is 12.1. The predicted octanol–water partition coefficient (Wildman–Crippen LogP) is 4.98. The highest BCUT2D eigenvalue weighted by Gasteiger charge is 2.19. The molecule has 0 atom stereocenters. The number of fused-ring (bicyclic) bond motifs is 1. The van der Waals surface area contributed by atoms with E-state index in [-0.39, 0.29) is 5.78 Å². The zero-order valence-corrected chi connectivity index (χ0v) is 16.7. The van der Waals surface area contributed by atoms with E-state index in [9.17, 15) is 4.79 Å². The van der Waals surface area contributed by atoms with Crippen LogP contribution in [-0.4, -0.2) is 32.0 Å². The Morgan fingerprint density at radius 1 is 1.00 bits per heavy atom. The van der Waals surface area contributed by atoms with E-state index in [4.69, 9.17) is 27.9 Å². The van der Waals surface area contributed by atoms with Crippen molar-refractivity contribution in [2.45, 2.75) is 25.7 Å². The van der Waals surface area contributed by atoms with Crippen LogP contribution in [0.2, 0.25) is 10.0 Å². The normalized spacial score (nSPS) is 12.9. The number of unbranched alkanes of at least 4 members (excludes halogenated alkanes) is 1. The molecule has 1 aliphatic rings. The highest BCUT2D eigenvalue weighted by molar-refractivity contribution is 6.43. The van der Waals surface area contributed by atoms with Crippen LogP contribution < -0.4 is 15.4 Å². The molecular formula is C21H24Cl2N2O2. The van der Waals surface area contributed by atoms with Crippen molar-refractivity contribution < 1.29 is 9.53 Å². The summed E-state index contributed by atoms with van der Waals surface area (Å²) in [5, 5.41) is 7.78. The second-order valence-corrected chi connectivity index (χ2v) is 7.36. The predicted molar refractivity (Wildman–Crippen MR) is 112 cm³/mol. The Balaban J connectivity index is 1.25. The number of nitrogens with one attached hydrogen (secondary N) is 2. The number of carbonyl (C=O) groups excluding carboxylic acids is 1. The summed E-state index contributed by atoms with van der Waals surface area (Å²) in [6.07, 6.45) is 3.48. The number of aryl methyl sites for hydroxylation is 1. The molecule has 0 fully saturated rings. The van der Waals surface area contributed by atoms with E-state index >= 15 is 0 Å². The molecule has 144 valence electrons. The Morgan fingerprint density at radius 2 is 1.89 bits per heavy atom. The van der Waals surface area contributed by atoms with E-state index in [0.717, 1.165) is 61.5 Å². The maximum Gasteiger partial charge on any atom is 0.163 e. The lowest BCUT2D eigenvalue weighted by atomic mass is 10.1. The average molecular weight is 407 g/mol. The number of hydrogen-bond acceptors (Lipinski definition) is 4. The van der Waals surface area contributed by atoms with Gasteiger partial charge in [0.2, 0.25) is 0 Å². The lowest BCUT2D eigenvalue weighted by Gasteiger charge is -2.10. The first-order valence-electron chi connectivity index (χ1n) is 9.32. The maximum absolute atomic E-state index is 11.8.